The molecule has 1 amide bonds. The van der Waals surface area contributed by atoms with Crippen LogP contribution < -0.4 is 0 Å². The van der Waals surface area contributed by atoms with Crippen molar-refractivity contribution in [3.63, 3.8) is 0 Å². The van der Waals surface area contributed by atoms with Crippen molar-refractivity contribution in [1.82, 2.24) is 4.90 Å². The van der Waals surface area contributed by atoms with E-state index in [-0.39, 0.29) is 30.6 Å². The highest BCUT2D eigenvalue weighted by Crippen LogP contribution is 2.48. The van der Waals surface area contributed by atoms with Crippen molar-refractivity contribution in [2.24, 2.45) is 5.92 Å². The van der Waals surface area contributed by atoms with Gasteiger partial charge in [0.05, 0.1) is 25.4 Å². The quantitative estimate of drug-likeness (QED) is 0.907. The number of amides is 1. The van der Waals surface area contributed by atoms with E-state index >= 15 is 0 Å². The maximum Gasteiger partial charge on any atom is 0.226 e. The van der Waals surface area contributed by atoms with Crippen LogP contribution in [-0.2, 0) is 9.53 Å². The van der Waals surface area contributed by atoms with Gasteiger partial charge >= 0.3 is 0 Å². The first-order valence-corrected chi connectivity index (χ1v) is 7.28. The normalized spacial score (nSPS) is 33.0. The van der Waals surface area contributed by atoms with Gasteiger partial charge in [0, 0.05) is 12.5 Å². The molecule has 2 fully saturated rings. The zero-order chi connectivity index (χ0) is 14.1. The van der Waals surface area contributed by atoms with Crippen molar-refractivity contribution in [3.05, 3.63) is 35.9 Å². The molecule has 0 radical (unpaired) electrons. The van der Waals surface area contributed by atoms with E-state index < -0.39 is 0 Å². The summed E-state index contributed by atoms with van der Waals surface area (Å²) >= 11 is 0. The third-order valence-electron chi connectivity index (χ3n) is 4.33. The summed E-state index contributed by atoms with van der Waals surface area (Å²) in [5, 5.41) is 9.20. The van der Waals surface area contributed by atoms with E-state index in [4.69, 9.17) is 4.74 Å². The van der Waals surface area contributed by atoms with E-state index in [1.165, 1.54) is 5.56 Å². The average molecular weight is 275 g/mol. The van der Waals surface area contributed by atoms with Gasteiger partial charge < -0.3 is 14.7 Å². The summed E-state index contributed by atoms with van der Waals surface area (Å²) in [5.41, 5.74) is 1.26. The van der Waals surface area contributed by atoms with Crippen LogP contribution in [0.5, 0.6) is 0 Å². The van der Waals surface area contributed by atoms with Gasteiger partial charge in [-0.25, -0.2) is 0 Å². The second-order valence-corrected chi connectivity index (χ2v) is 5.84. The van der Waals surface area contributed by atoms with Crippen molar-refractivity contribution in [1.29, 1.82) is 0 Å². The zero-order valence-electron chi connectivity index (χ0n) is 11.7. The number of carbonyl (C=O) groups excluding carboxylic acids is 1. The van der Waals surface area contributed by atoms with Crippen molar-refractivity contribution in [2.75, 3.05) is 19.8 Å². The van der Waals surface area contributed by atoms with Crippen molar-refractivity contribution in [2.45, 2.75) is 31.4 Å². The number of nitrogens with zero attached hydrogens (tertiary/aromatic N) is 1. The zero-order valence-corrected chi connectivity index (χ0v) is 11.7. The fourth-order valence-corrected chi connectivity index (χ4v) is 2.98. The van der Waals surface area contributed by atoms with Gasteiger partial charge in [-0.2, -0.15) is 0 Å². The van der Waals surface area contributed by atoms with Crippen molar-refractivity contribution >= 4 is 5.91 Å². The molecule has 1 aromatic rings. The first-order chi connectivity index (χ1) is 9.70. The molecular weight excluding hydrogens is 254 g/mol. The molecule has 1 N–H and O–H groups in total. The molecule has 4 unspecified atom stereocenters. The number of benzene rings is 1. The van der Waals surface area contributed by atoms with Gasteiger partial charge in [-0.3, -0.25) is 4.79 Å². The van der Waals surface area contributed by atoms with Gasteiger partial charge in [0.1, 0.15) is 0 Å². The molecule has 0 spiro atoms. The number of ether oxygens (including phenoxy) is 1. The van der Waals surface area contributed by atoms with Crippen molar-refractivity contribution in [3.8, 4) is 0 Å². The molecule has 1 aliphatic carbocycles. The van der Waals surface area contributed by atoms with Crippen LogP contribution in [-0.4, -0.2) is 47.8 Å². The van der Waals surface area contributed by atoms with E-state index in [0.717, 1.165) is 6.42 Å². The Bertz CT molecular complexity index is 476. The number of aliphatic hydroxyl groups excluding tert-OH is 1. The Labute approximate surface area is 119 Å². The lowest BCUT2D eigenvalue weighted by molar-refractivity contribution is -0.147. The van der Waals surface area contributed by atoms with Crippen LogP contribution in [0.4, 0.5) is 0 Å². The lowest BCUT2D eigenvalue weighted by atomic mass is 10.1. The maximum absolute atomic E-state index is 12.6. The molecule has 1 saturated carbocycles. The number of carbonyl (C=O) groups is 1. The Kier molecular flexibility index (Phi) is 3.76. The van der Waals surface area contributed by atoms with E-state index in [2.05, 4.69) is 12.1 Å². The van der Waals surface area contributed by atoms with E-state index in [9.17, 15) is 9.90 Å². The van der Waals surface area contributed by atoms with Gasteiger partial charge in [-0.05, 0) is 24.8 Å². The van der Waals surface area contributed by atoms with Gasteiger partial charge in [-0.15, -0.1) is 0 Å². The average Bonchev–Trinajstić information content (AvgIpc) is 3.28. The van der Waals surface area contributed by atoms with E-state index in [1.54, 1.807) is 0 Å². The minimum absolute atomic E-state index is 0.0245. The minimum atomic E-state index is -0.232. The molecular formula is C16H21NO3. The second kappa shape index (κ2) is 5.54. The SMILES string of the molecule is CC1COC(CO)CN1C(=O)C1CC1c1ccccc1. The predicted molar refractivity (Wildman–Crippen MR) is 75.3 cm³/mol. The highest BCUT2D eigenvalue weighted by atomic mass is 16.5. The van der Waals surface area contributed by atoms with Crippen LogP contribution in [0.25, 0.3) is 0 Å². The Balaban J connectivity index is 1.65. The Morgan fingerprint density at radius 3 is 2.85 bits per heavy atom. The van der Waals surface area contributed by atoms with Crippen LogP contribution in [0.1, 0.15) is 24.8 Å². The smallest absolute Gasteiger partial charge is 0.226 e. The number of hydrogen-bond acceptors (Lipinski definition) is 3. The van der Waals surface area contributed by atoms with Gasteiger partial charge in [-0.1, -0.05) is 30.3 Å². The molecule has 1 heterocycles. The fourth-order valence-electron chi connectivity index (χ4n) is 2.98. The Morgan fingerprint density at radius 1 is 1.40 bits per heavy atom. The summed E-state index contributed by atoms with van der Waals surface area (Å²) in [6.07, 6.45) is 0.709. The summed E-state index contributed by atoms with van der Waals surface area (Å²) < 4.78 is 5.49. The third kappa shape index (κ3) is 2.58. The first kappa shape index (κ1) is 13.6. The lowest BCUT2D eigenvalue weighted by Crippen LogP contribution is -2.52. The van der Waals surface area contributed by atoms with Gasteiger partial charge in [0.2, 0.25) is 5.91 Å². The van der Waals surface area contributed by atoms with Gasteiger partial charge in [0.25, 0.3) is 0 Å². The van der Waals surface area contributed by atoms with E-state index in [1.807, 2.05) is 30.0 Å². The first-order valence-electron chi connectivity index (χ1n) is 7.28. The van der Waals surface area contributed by atoms with Crippen LogP contribution in [0.2, 0.25) is 0 Å². The molecule has 108 valence electrons. The molecule has 4 nitrogen and oxygen atoms in total. The molecule has 1 aliphatic heterocycles. The van der Waals surface area contributed by atoms with E-state index in [0.29, 0.717) is 19.1 Å². The highest BCUT2D eigenvalue weighted by molar-refractivity contribution is 5.83. The lowest BCUT2D eigenvalue weighted by Gasteiger charge is -2.37. The van der Waals surface area contributed by atoms with Crippen LogP contribution in [0, 0.1) is 5.92 Å². The fraction of sp³-hybridized carbons (Fsp3) is 0.562. The summed E-state index contributed by atoms with van der Waals surface area (Å²) in [5.74, 6) is 0.691. The molecule has 0 bridgehead atoms. The molecule has 4 atom stereocenters. The Morgan fingerprint density at radius 2 is 2.15 bits per heavy atom. The molecule has 1 aromatic carbocycles. The molecule has 0 aromatic heterocycles. The predicted octanol–water partition coefficient (Wildman–Crippen LogP) is 1.40. The Hall–Kier alpha value is -1.39. The van der Waals surface area contributed by atoms with Gasteiger partial charge in [0.15, 0.2) is 0 Å². The minimum Gasteiger partial charge on any atom is -0.394 e. The second-order valence-electron chi connectivity index (χ2n) is 5.84. The molecule has 20 heavy (non-hydrogen) atoms. The molecule has 4 heteroatoms. The molecule has 2 aliphatic rings. The summed E-state index contributed by atoms with van der Waals surface area (Å²) in [4.78, 5) is 14.5. The van der Waals surface area contributed by atoms with Crippen LogP contribution in [0.15, 0.2) is 30.3 Å². The third-order valence-corrected chi connectivity index (χ3v) is 4.33. The molecule has 3 rings (SSSR count). The number of rotatable bonds is 3. The number of hydrogen-bond donors (Lipinski definition) is 1. The summed E-state index contributed by atoms with van der Waals surface area (Å²) in [7, 11) is 0. The topological polar surface area (TPSA) is 49.8 Å². The van der Waals surface area contributed by atoms with Crippen molar-refractivity contribution < 1.29 is 14.6 Å². The summed E-state index contributed by atoms with van der Waals surface area (Å²) in [6, 6.07) is 10.3. The maximum atomic E-state index is 12.6. The van der Waals surface area contributed by atoms with Crippen LogP contribution in [0.3, 0.4) is 0 Å². The van der Waals surface area contributed by atoms with Crippen LogP contribution >= 0.6 is 0 Å². The molecule has 1 saturated heterocycles. The number of morpholine rings is 1. The standard InChI is InChI=1S/C16H21NO3/c1-11-10-20-13(9-18)8-17(11)16(19)15-7-14(15)12-5-3-2-4-6-12/h2-6,11,13-15,18H,7-10H2,1H3. The monoisotopic (exact) mass is 275 g/mol. The highest BCUT2D eigenvalue weighted by Gasteiger charge is 2.47. The number of aliphatic hydroxyl groups is 1. The largest absolute Gasteiger partial charge is 0.394 e. The summed E-state index contributed by atoms with van der Waals surface area (Å²) in [6.45, 7) is 3.00.